The van der Waals surface area contributed by atoms with E-state index in [2.05, 4.69) is 15.5 Å². The van der Waals surface area contributed by atoms with E-state index in [-0.39, 0.29) is 24.3 Å². The van der Waals surface area contributed by atoms with Crippen molar-refractivity contribution in [3.63, 3.8) is 0 Å². The van der Waals surface area contributed by atoms with Crippen LogP contribution < -0.4 is 10.2 Å². The van der Waals surface area contributed by atoms with Gasteiger partial charge in [-0.15, -0.1) is 0 Å². The highest BCUT2D eigenvalue weighted by Crippen LogP contribution is 2.28. The summed E-state index contributed by atoms with van der Waals surface area (Å²) >= 11 is 0. The number of fused-ring (bicyclic) bond motifs is 1. The van der Waals surface area contributed by atoms with Gasteiger partial charge in [0, 0.05) is 18.3 Å². The van der Waals surface area contributed by atoms with E-state index >= 15 is 0 Å². The standard InChI is InChI=1S/C20H24N4O5/c1-20(2,3)19-22-16(29-23-19)9-6-10-18(27)28-12-17(26)24-11-15(25)21-13-7-4-5-8-14(13)24/h4-5,7-8H,6,9-12H2,1-3H3,(H,21,25). The molecule has 0 bridgehead atoms. The number of rotatable bonds is 6. The number of nitrogens with one attached hydrogen (secondary N) is 1. The fourth-order valence-corrected chi connectivity index (χ4v) is 2.79. The Hall–Kier alpha value is -3.23. The Morgan fingerprint density at radius 2 is 2.03 bits per heavy atom. The van der Waals surface area contributed by atoms with Crippen LogP contribution in [0.1, 0.15) is 45.3 Å². The van der Waals surface area contributed by atoms with E-state index < -0.39 is 18.5 Å². The molecule has 1 aromatic heterocycles. The highest BCUT2D eigenvalue weighted by molar-refractivity contribution is 6.10. The minimum atomic E-state index is -0.497. The van der Waals surface area contributed by atoms with Gasteiger partial charge in [0.2, 0.25) is 11.8 Å². The average molecular weight is 400 g/mol. The number of benzene rings is 1. The third kappa shape index (κ3) is 5.18. The molecule has 2 heterocycles. The number of carbonyl (C=O) groups excluding carboxylic acids is 3. The lowest BCUT2D eigenvalue weighted by molar-refractivity contribution is -0.148. The fourth-order valence-electron chi connectivity index (χ4n) is 2.79. The van der Waals surface area contributed by atoms with Crippen LogP contribution in [0.15, 0.2) is 28.8 Å². The fraction of sp³-hybridized carbons (Fsp3) is 0.450. The Morgan fingerprint density at radius 3 is 2.76 bits per heavy atom. The van der Waals surface area contributed by atoms with E-state index in [9.17, 15) is 14.4 Å². The zero-order valence-electron chi connectivity index (χ0n) is 16.7. The van der Waals surface area contributed by atoms with Crippen LogP contribution in [0.3, 0.4) is 0 Å². The van der Waals surface area contributed by atoms with Gasteiger partial charge in [-0.05, 0) is 18.6 Å². The third-order valence-electron chi connectivity index (χ3n) is 4.34. The molecule has 3 rings (SSSR count). The van der Waals surface area contributed by atoms with Crippen LogP contribution in [0.25, 0.3) is 0 Å². The minimum Gasteiger partial charge on any atom is -0.456 e. The number of hydrogen-bond acceptors (Lipinski definition) is 7. The first-order valence-electron chi connectivity index (χ1n) is 9.42. The molecule has 9 heteroatoms. The Bertz CT molecular complexity index is 916. The minimum absolute atomic E-state index is 0.110. The molecular weight excluding hydrogens is 376 g/mol. The molecule has 0 aliphatic carbocycles. The van der Waals surface area contributed by atoms with Gasteiger partial charge in [0.1, 0.15) is 6.54 Å². The van der Waals surface area contributed by atoms with Gasteiger partial charge >= 0.3 is 5.97 Å². The lowest BCUT2D eigenvalue weighted by Gasteiger charge is -2.28. The molecule has 0 spiro atoms. The molecule has 9 nitrogen and oxygen atoms in total. The quantitative estimate of drug-likeness (QED) is 0.739. The van der Waals surface area contributed by atoms with Crippen LogP contribution in [0.2, 0.25) is 0 Å². The number of nitrogens with zero attached hydrogens (tertiary/aromatic N) is 3. The first-order valence-corrected chi connectivity index (χ1v) is 9.42. The largest absolute Gasteiger partial charge is 0.456 e. The lowest BCUT2D eigenvalue weighted by Crippen LogP contribution is -2.44. The van der Waals surface area contributed by atoms with E-state index in [0.717, 1.165) is 0 Å². The summed E-state index contributed by atoms with van der Waals surface area (Å²) in [7, 11) is 0. The zero-order chi connectivity index (χ0) is 21.0. The number of esters is 1. The molecule has 1 aliphatic heterocycles. The molecular formula is C20H24N4O5. The van der Waals surface area contributed by atoms with Gasteiger partial charge in [-0.3, -0.25) is 19.3 Å². The third-order valence-corrected chi connectivity index (χ3v) is 4.34. The second-order valence-electron chi connectivity index (χ2n) is 7.82. The summed E-state index contributed by atoms with van der Waals surface area (Å²) in [5, 5.41) is 6.64. The molecule has 2 amide bonds. The van der Waals surface area contributed by atoms with Crippen molar-refractivity contribution in [2.45, 2.75) is 45.4 Å². The van der Waals surface area contributed by atoms with Crippen molar-refractivity contribution in [3.8, 4) is 0 Å². The van der Waals surface area contributed by atoms with Crippen molar-refractivity contribution in [1.29, 1.82) is 0 Å². The highest BCUT2D eigenvalue weighted by Gasteiger charge is 2.27. The summed E-state index contributed by atoms with van der Waals surface area (Å²) in [6.07, 6.45) is 1.04. The van der Waals surface area contributed by atoms with Crippen molar-refractivity contribution in [2.24, 2.45) is 0 Å². The number of para-hydroxylation sites is 2. The normalized spacial score (nSPS) is 13.6. The zero-order valence-corrected chi connectivity index (χ0v) is 16.7. The van der Waals surface area contributed by atoms with Crippen molar-refractivity contribution < 1.29 is 23.6 Å². The number of anilines is 2. The maximum absolute atomic E-state index is 12.4. The molecule has 0 saturated heterocycles. The van der Waals surface area contributed by atoms with Gasteiger partial charge in [-0.1, -0.05) is 38.1 Å². The van der Waals surface area contributed by atoms with Gasteiger partial charge in [0.05, 0.1) is 11.4 Å². The van der Waals surface area contributed by atoms with Gasteiger partial charge in [0.15, 0.2) is 12.4 Å². The molecule has 0 unspecified atom stereocenters. The summed E-state index contributed by atoms with van der Waals surface area (Å²) in [5.41, 5.74) is 0.933. The molecule has 29 heavy (non-hydrogen) atoms. The van der Waals surface area contributed by atoms with Crippen LogP contribution in [0, 0.1) is 0 Å². The summed E-state index contributed by atoms with van der Waals surface area (Å²) in [4.78, 5) is 41.8. The predicted molar refractivity (Wildman–Crippen MR) is 104 cm³/mol. The van der Waals surface area contributed by atoms with E-state index in [0.29, 0.717) is 35.9 Å². The molecule has 154 valence electrons. The molecule has 0 fully saturated rings. The average Bonchev–Trinajstić information content (AvgIpc) is 3.15. The highest BCUT2D eigenvalue weighted by atomic mass is 16.5. The van der Waals surface area contributed by atoms with Crippen molar-refractivity contribution in [2.75, 3.05) is 23.4 Å². The Balaban J connectivity index is 1.45. The van der Waals surface area contributed by atoms with Crippen LogP contribution in [-0.2, 0) is 31.0 Å². The van der Waals surface area contributed by atoms with Crippen molar-refractivity contribution in [3.05, 3.63) is 36.0 Å². The van der Waals surface area contributed by atoms with Crippen LogP contribution in [-0.4, -0.2) is 41.1 Å². The summed E-state index contributed by atoms with van der Waals surface area (Å²) in [6.45, 7) is 5.43. The number of aryl methyl sites for hydroxylation is 1. The first kappa shape index (κ1) is 20.5. The molecule has 0 radical (unpaired) electrons. The Labute approximate surface area is 168 Å². The summed E-state index contributed by atoms with van der Waals surface area (Å²) in [5.74, 6) is -0.158. The molecule has 1 aliphatic rings. The van der Waals surface area contributed by atoms with Crippen LogP contribution in [0.5, 0.6) is 0 Å². The topological polar surface area (TPSA) is 115 Å². The predicted octanol–water partition coefficient (Wildman–Crippen LogP) is 2.22. The molecule has 1 aromatic carbocycles. The van der Waals surface area contributed by atoms with E-state index in [1.807, 2.05) is 20.8 Å². The number of aromatic nitrogens is 2. The van der Waals surface area contributed by atoms with Crippen LogP contribution in [0.4, 0.5) is 11.4 Å². The molecule has 0 atom stereocenters. The smallest absolute Gasteiger partial charge is 0.306 e. The Morgan fingerprint density at radius 1 is 1.28 bits per heavy atom. The first-order chi connectivity index (χ1) is 13.7. The van der Waals surface area contributed by atoms with Crippen molar-refractivity contribution >= 4 is 29.2 Å². The number of amides is 2. The number of hydrogen-bond donors (Lipinski definition) is 1. The molecule has 1 N–H and O–H groups in total. The monoisotopic (exact) mass is 400 g/mol. The van der Waals surface area contributed by atoms with Gasteiger partial charge in [0.25, 0.3) is 5.91 Å². The van der Waals surface area contributed by atoms with Gasteiger partial charge in [-0.25, -0.2) is 0 Å². The molecule has 2 aromatic rings. The second-order valence-corrected chi connectivity index (χ2v) is 7.82. The maximum atomic E-state index is 12.4. The maximum Gasteiger partial charge on any atom is 0.306 e. The lowest BCUT2D eigenvalue weighted by atomic mass is 9.96. The van der Waals surface area contributed by atoms with E-state index in [1.54, 1.807) is 24.3 Å². The SMILES string of the molecule is CC(C)(C)c1noc(CCCC(=O)OCC(=O)N2CC(=O)Nc3ccccc32)n1. The molecule has 0 saturated carbocycles. The van der Waals surface area contributed by atoms with Crippen LogP contribution >= 0.6 is 0 Å². The second kappa shape index (κ2) is 8.42. The number of ether oxygens (including phenoxy) is 1. The van der Waals surface area contributed by atoms with E-state index in [1.165, 1.54) is 4.90 Å². The number of carbonyl (C=O) groups is 3. The van der Waals surface area contributed by atoms with Crippen molar-refractivity contribution in [1.82, 2.24) is 10.1 Å². The summed E-state index contributed by atoms with van der Waals surface area (Å²) < 4.78 is 10.3. The van der Waals surface area contributed by atoms with Gasteiger partial charge in [-0.2, -0.15) is 4.98 Å². The summed E-state index contributed by atoms with van der Waals surface area (Å²) in [6, 6.07) is 6.97. The Kier molecular flexibility index (Phi) is 5.95. The van der Waals surface area contributed by atoms with E-state index in [4.69, 9.17) is 9.26 Å². The van der Waals surface area contributed by atoms with Gasteiger partial charge < -0.3 is 14.6 Å².